The van der Waals surface area contributed by atoms with Gasteiger partial charge < -0.3 is 15.4 Å². The number of nitrogens with one attached hydrogen (secondary N) is 2. The number of guanidine groups is 1. The van der Waals surface area contributed by atoms with E-state index in [4.69, 9.17) is 4.74 Å². The van der Waals surface area contributed by atoms with Crippen molar-refractivity contribution < 1.29 is 17.9 Å². The average Bonchev–Trinajstić information content (AvgIpc) is 2.42. The lowest BCUT2D eigenvalue weighted by Crippen LogP contribution is -2.41. The minimum absolute atomic E-state index is 0. The number of alkyl halides is 3. The van der Waals surface area contributed by atoms with Crippen LogP contribution in [0.3, 0.4) is 0 Å². The second kappa shape index (κ2) is 10.5. The van der Waals surface area contributed by atoms with Crippen LogP contribution in [0.4, 0.5) is 13.2 Å². The summed E-state index contributed by atoms with van der Waals surface area (Å²) in [6, 6.07) is 3.46. The van der Waals surface area contributed by atoms with Crippen molar-refractivity contribution in [2.24, 2.45) is 4.99 Å². The van der Waals surface area contributed by atoms with Gasteiger partial charge in [-0.05, 0) is 26.8 Å². The third-order valence-electron chi connectivity index (χ3n) is 2.40. The minimum atomic E-state index is -4.40. The van der Waals surface area contributed by atoms with Crippen LogP contribution in [0.2, 0.25) is 0 Å². The molecule has 0 aliphatic heterocycles. The summed E-state index contributed by atoms with van der Waals surface area (Å²) < 4.78 is 41.4. The Labute approximate surface area is 151 Å². The highest BCUT2D eigenvalue weighted by Gasteiger charge is 2.29. The van der Waals surface area contributed by atoms with Gasteiger partial charge >= 0.3 is 6.18 Å². The Morgan fingerprint density at radius 2 is 2.09 bits per heavy atom. The maximum Gasteiger partial charge on any atom is 0.422 e. The number of pyridine rings is 1. The first-order valence-electron chi connectivity index (χ1n) is 7.00. The fraction of sp³-hybridized carbons (Fsp3) is 0.571. The van der Waals surface area contributed by atoms with E-state index in [9.17, 15) is 13.2 Å². The topological polar surface area (TPSA) is 58.5 Å². The molecule has 0 aliphatic carbocycles. The van der Waals surface area contributed by atoms with E-state index in [1.54, 1.807) is 12.1 Å². The lowest BCUT2D eigenvalue weighted by atomic mass is 10.3. The molecular weight excluding hydrogens is 424 g/mol. The molecule has 1 aromatic heterocycles. The Morgan fingerprint density at radius 3 is 2.65 bits per heavy atom. The lowest BCUT2D eigenvalue weighted by molar-refractivity contribution is -0.154. The van der Waals surface area contributed by atoms with Crippen LogP contribution in [0.25, 0.3) is 0 Å². The van der Waals surface area contributed by atoms with Crippen molar-refractivity contribution >= 4 is 29.9 Å². The summed E-state index contributed by atoms with van der Waals surface area (Å²) >= 11 is 0. The zero-order valence-corrected chi connectivity index (χ0v) is 15.6. The van der Waals surface area contributed by atoms with Gasteiger partial charge in [0.15, 0.2) is 12.6 Å². The van der Waals surface area contributed by atoms with E-state index < -0.39 is 12.8 Å². The van der Waals surface area contributed by atoms with E-state index in [2.05, 4.69) is 20.6 Å². The number of hydrogen-bond donors (Lipinski definition) is 2. The molecule has 2 N–H and O–H groups in total. The fourth-order valence-electron chi connectivity index (χ4n) is 1.58. The molecule has 132 valence electrons. The molecule has 9 heteroatoms. The van der Waals surface area contributed by atoms with Crippen LogP contribution in [-0.4, -0.2) is 36.3 Å². The summed E-state index contributed by atoms with van der Waals surface area (Å²) in [4.78, 5) is 8.16. The van der Waals surface area contributed by atoms with E-state index in [1.807, 2.05) is 20.8 Å². The highest BCUT2D eigenvalue weighted by atomic mass is 127. The third-order valence-corrected chi connectivity index (χ3v) is 2.40. The Bertz CT molecular complexity index is 495. The first kappa shape index (κ1) is 21.7. The molecule has 0 radical (unpaired) electrons. The third kappa shape index (κ3) is 9.47. The van der Waals surface area contributed by atoms with Gasteiger partial charge in [0.1, 0.15) is 0 Å². The monoisotopic (exact) mass is 446 g/mol. The van der Waals surface area contributed by atoms with E-state index in [-0.39, 0.29) is 42.4 Å². The van der Waals surface area contributed by atoms with Crippen LogP contribution in [0.1, 0.15) is 26.3 Å². The van der Waals surface area contributed by atoms with Crippen LogP contribution in [0, 0.1) is 0 Å². The molecular formula is C14H22F3IN4O. The van der Waals surface area contributed by atoms with E-state index in [1.165, 1.54) is 6.20 Å². The van der Waals surface area contributed by atoms with Crippen molar-refractivity contribution in [2.45, 2.75) is 39.5 Å². The Hall–Kier alpha value is -1.26. The number of halogens is 4. The molecule has 1 rings (SSSR count). The van der Waals surface area contributed by atoms with Crippen LogP contribution in [0.15, 0.2) is 23.3 Å². The smallest absolute Gasteiger partial charge is 0.422 e. The van der Waals surface area contributed by atoms with Gasteiger partial charge in [0.25, 0.3) is 0 Å². The minimum Gasteiger partial charge on any atom is -0.468 e. The zero-order valence-electron chi connectivity index (χ0n) is 13.3. The van der Waals surface area contributed by atoms with Gasteiger partial charge in [0, 0.05) is 24.3 Å². The van der Waals surface area contributed by atoms with Crippen molar-refractivity contribution in [3.8, 4) is 5.88 Å². The zero-order chi connectivity index (χ0) is 16.6. The Balaban J connectivity index is 0.00000484. The van der Waals surface area contributed by atoms with Gasteiger partial charge in [-0.25, -0.2) is 9.98 Å². The van der Waals surface area contributed by atoms with Crippen molar-refractivity contribution in [1.82, 2.24) is 15.6 Å². The summed E-state index contributed by atoms with van der Waals surface area (Å²) in [5.74, 6) is 0.534. The second-order valence-corrected chi connectivity index (χ2v) is 4.87. The Kier molecular flexibility index (Phi) is 9.93. The molecule has 5 nitrogen and oxygen atoms in total. The first-order valence-corrected chi connectivity index (χ1v) is 7.00. The van der Waals surface area contributed by atoms with Crippen molar-refractivity contribution in [2.75, 3.05) is 13.2 Å². The highest BCUT2D eigenvalue weighted by Crippen LogP contribution is 2.20. The normalized spacial score (nSPS) is 11.9. The molecule has 0 unspecified atom stereocenters. The van der Waals surface area contributed by atoms with Crippen LogP contribution in [-0.2, 0) is 6.54 Å². The summed E-state index contributed by atoms with van der Waals surface area (Å²) in [6.07, 6.45) is -3.01. The summed E-state index contributed by atoms with van der Waals surface area (Å²) in [5.41, 5.74) is 0.493. The van der Waals surface area contributed by atoms with Crippen molar-refractivity contribution in [3.05, 3.63) is 23.9 Å². The van der Waals surface area contributed by atoms with Crippen molar-refractivity contribution in [3.63, 3.8) is 0 Å². The SMILES string of the molecule is CCNC(=NCc1cccnc1OCC(F)(F)F)NC(C)C.I. The molecule has 0 amide bonds. The number of hydrogen-bond acceptors (Lipinski definition) is 3. The highest BCUT2D eigenvalue weighted by molar-refractivity contribution is 14.0. The average molecular weight is 446 g/mol. The van der Waals surface area contributed by atoms with Gasteiger partial charge in [0.05, 0.1) is 6.54 Å². The molecule has 0 aromatic carbocycles. The standard InChI is InChI=1S/C14H21F3N4O.HI/c1-4-18-13(21-10(2)3)20-8-11-6-5-7-19-12(11)22-9-14(15,16)17;/h5-7,10H,4,8-9H2,1-3H3,(H2,18,20,21);1H. The number of aromatic nitrogens is 1. The summed E-state index contributed by atoms with van der Waals surface area (Å²) in [7, 11) is 0. The molecule has 0 saturated heterocycles. The number of rotatable bonds is 6. The van der Waals surface area contributed by atoms with Crippen molar-refractivity contribution in [1.29, 1.82) is 0 Å². The molecule has 23 heavy (non-hydrogen) atoms. The molecule has 0 saturated carbocycles. The number of ether oxygens (including phenoxy) is 1. The van der Waals surface area contributed by atoms with Gasteiger partial charge in [0.2, 0.25) is 5.88 Å². The van der Waals surface area contributed by atoms with E-state index in [0.717, 1.165) is 0 Å². The number of aliphatic imine (C=N–C) groups is 1. The fourth-order valence-corrected chi connectivity index (χ4v) is 1.58. The molecule has 0 atom stereocenters. The predicted octanol–water partition coefficient (Wildman–Crippen LogP) is 3.10. The Morgan fingerprint density at radius 1 is 1.39 bits per heavy atom. The maximum absolute atomic E-state index is 12.2. The molecule has 0 fully saturated rings. The van der Waals surface area contributed by atoms with Crippen LogP contribution in [0.5, 0.6) is 5.88 Å². The maximum atomic E-state index is 12.2. The molecule has 0 bridgehead atoms. The first-order chi connectivity index (χ1) is 10.3. The quantitative estimate of drug-likeness (QED) is 0.401. The van der Waals surface area contributed by atoms with Gasteiger partial charge in [-0.2, -0.15) is 13.2 Å². The summed E-state index contributed by atoms with van der Waals surface area (Å²) in [5, 5.41) is 6.18. The largest absolute Gasteiger partial charge is 0.468 e. The summed E-state index contributed by atoms with van der Waals surface area (Å²) in [6.45, 7) is 5.35. The van der Waals surface area contributed by atoms with Crippen LogP contribution < -0.4 is 15.4 Å². The second-order valence-electron chi connectivity index (χ2n) is 4.87. The van der Waals surface area contributed by atoms with E-state index in [0.29, 0.717) is 18.1 Å². The lowest BCUT2D eigenvalue weighted by Gasteiger charge is -2.14. The molecule has 0 aliphatic rings. The number of nitrogens with zero attached hydrogens (tertiary/aromatic N) is 2. The molecule has 1 heterocycles. The predicted molar refractivity (Wildman–Crippen MR) is 94.3 cm³/mol. The van der Waals surface area contributed by atoms with Gasteiger partial charge in [-0.15, -0.1) is 24.0 Å². The van der Waals surface area contributed by atoms with Gasteiger partial charge in [-0.3, -0.25) is 0 Å². The molecule has 1 aromatic rings. The molecule has 0 spiro atoms. The van der Waals surface area contributed by atoms with Crippen LogP contribution >= 0.6 is 24.0 Å². The van der Waals surface area contributed by atoms with E-state index >= 15 is 0 Å². The van der Waals surface area contributed by atoms with Gasteiger partial charge in [-0.1, -0.05) is 6.07 Å².